The molecule has 0 spiro atoms. The maximum atomic E-state index is 11.5. The van der Waals surface area contributed by atoms with Crippen molar-refractivity contribution in [3.63, 3.8) is 0 Å². The van der Waals surface area contributed by atoms with Gasteiger partial charge in [-0.15, -0.1) is 0 Å². The molecule has 0 aliphatic heterocycles. The van der Waals surface area contributed by atoms with Gasteiger partial charge >= 0.3 is 0 Å². The molecule has 5 heteroatoms. The Morgan fingerprint density at radius 2 is 0.966 bits per heavy atom. The van der Waals surface area contributed by atoms with Crippen molar-refractivity contribution in [3.8, 4) is 0 Å². The quantitative estimate of drug-likeness (QED) is 0.137. The first-order valence-electron chi connectivity index (χ1n) is 12.6. The molecule has 0 amide bonds. The molecule has 0 rings (SSSR count). The van der Waals surface area contributed by atoms with Crippen LogP contribution in [0, 0.1) is 0 Å². The topological polar surface area (TPSA) is 74.6 Å². The summed E-state index contributed by atoms with van der Waals surface area (Å²) in [6.45, 7) is 4.18. The van der Waals surface area contributed by atoms with Crippen molar-refractivity contribution in [2.75, 3.05) is 0 Å². The monoisotopic (exact) mass is 434 g/mol. The molecule has 4 nitrogen and oxygen atoms in total. The zero-order valence-corrected chi connectivity index (χ0v) is 20.2. The Bertz CT molecular complexity index is 436. The highest BCUT2D eigenvalue weighted by atomic mass is 32.2. The predicted molar refractivity (Wildman–Crippen MR) is 125 cm³/mol. The highest BCUT2D eigenvalue weighted by molar-refractivity contribution is 7.86. The zero-order chi connectivity index (χ0) is 21.8. The predicted octanol–water partition coefficient (Wildman–Crippen LogP) is 7.45. The molecule has 0 aliphatic carbocycles. The van der Waals surface area contributed by atoms with E-state index in [0.717, 1.165) is 19.3 Å². The Morgan fingerprint density at radius 3 is 1.34 bits per heavy atom. The summed E-state index contributed by atoms with van der Waals surface area (Å²) in [5.74, 6) is 0. The van der Waals surface area contributed by atoms with Crippen LogP contribution in [0.25, 0.3) is 0 Å². The van der Waals surface area contributed by atoms with E-state index < -0.39 is 15.4 Å². The lowest BCUT2D eigenvalue weighted by Gasteiger charge is -2.15. The van der Waals surface area contributed by atoms with Crippen molar-refractivity contribution in [3.05, 3.63) is 0 Å². The largest absolute Gasteiger partial charge is 0.393 e. The Kier molecular flexibility index (Phi) is 19.7. The SMILES string of the molecule is CCCCCCCCCCCCCCCCCC(CCCC(O)CC)S(=O)(=O)O. The van der Waals surface area contributed by atoms with Crippen LogP contribution in [-0.2, 0) is 10.1 Å². The fraction of sp³-hybridized carbons (Fsp3) is 1.00. The minimum atomic E-state index is -3.97. The maximum absolute atomic E-state index is 11.5. The third kappa shape index (κ3) is 19.6. The summed E-state index contributed by atoms with van der Waals surface area (Å²) >= 11 is 0. The van der Waals surface area contributed by atoms with Crippen molar-refractivity contribution in [2.45, 2.75) is 154 Å². The molecule has 0 heterocycles. The summed E-state index contributed by atoms with van der Waals surface area (Å²) in [6.07, 6.45) is 21.9. The van der Waals surface area contributed by atoms with E-state index >= 15 is 0 Å². The van der Waals surface area contributed by atoms with Gasteiger partial charge in [-0.25, -0.2) is 0 Å². The van der Waals surface area contributed by atoms with Gasteiger partial charge in [0.1, 0.15) is 0 Å². The second-order valence-electron chi connectivity index (χ2n) is 8.87. The van der Waals surface area contributed by atoms with Gasteiger partial charge in [-0.05, 0) is 32.1 Å². The van der Waals surface area contributed by atoms with Gasteiger partial charge in [-0.1, -0.05) is 110 Å². The summed E-state index contributed by atoms with van der Waals surface area (Å²) in [4.78, 5) is 0. The standard InChI is InChI=1S/C24H50O4S/c1-3-5-6-7-8-9-10-11-12-13-14-15-16-17-18-21-24(29(26,27)28)22-19-20-23(25)4-2/h23-25H,3-22H2,1-2H3,(H,26,27,28). The lowest BCUT2D eigenvalue weighted by atomic mass is 10.0. The Hall–Kier alpha value is -0.130. The van der Waals surface area contributed by atoms with Crippen LogP contribution < -0.4 is 0 Å². The molecule has 2 N–H and O–H groups in total. The van der Waals surface area contributed by atoms with E-state index in [4.69, 9.17) is 0 Å². The fourth-order valence-electron chi connectivity index (χ4n) is 3.97. The smallest absolute Gasteiger partial charge is 0.267 e. The van der Waals surface area contributed by atoms with E-state index in [1.165, 1.54) is 77.0 Å². The summed E-state index contributed by atoms with van der Waals surface area (Å²) < 4.78 is 32.5. The number of aliphatic hydroxyl groups is 1. The van der Waals surface area contributed by atoms with Crippen molar-refractivity contribution >= 4 is 10.1 Å². The molecule has 0 aromatic heterocycles. The lowest BCUT2D eigenvalue weighted by molar-refractivity contribution is 0.156. The van der Waals surface area contributed by atoms with Gasteiger partial charge in [0, 0.05) is 0 Å². The summed E-state index contributed by atoms with van der Waals surface area (Å²) in [5, 5.41) is 8.92. The van der Waals surface area contributed by atoms with Crippen LogP contribution in [0.15, 0.2) is 0 Å². The van der Waals surface area contributed by atoms with Crippen LogP contribution in [0.4, 0.5) is 0 Å². The molecule has 0 aliphatic rings. The molecule has 0 aromatic carbocycles. The number of unbranched alkanes of at least 4 members (excludes halogenated alkanes) is 14. The fourth-order valence-corrected chi connectivity index (χ4v) is 4.90. The van der Waals surface area contributed by atoms with Crippen LogP contribution in [-0.4, -0.2) is 29.4 Å². The molecule has 29 heavy (non-hydrogen) atoms. The molecular weight excluding hydrogens is 384 g/mol. The van der Waals surface area contributed by atoms with Gasteiger partial charge in [0.15, 0.2) is 0 Å². The molecule has 0 radical (unpaired) electrons. The second-order valence-corrected chi connectivity index (χ2v) is 10.6. The van der Waals surface area contributed by atoms with E-state index in [9.17, 15) is 18.1 Å². The van der Waals surface area contributed by atoms with Gasteiger partial charge < -0.3 is 5.11 Å². The molecule has 2 unspecified atom stereocenters. The first-order chi connectivity index (χ1) is 13.9. The first kappa shape index (κ1) is 28.9. The average Bonchev–Trinajstić information content (AvgIpc) is 2.68. The lowest BCUT2D eigenvalue weighted by Crippen LogP contribution is -2.21. The molecule has 0 saturated heterocycles. The van der Waals surface area contributed by atoms with Gasteiger partial charge in [0.05, 0.1) is 11.4 Å². The van der Waals surface area contributed by atoms with Crippen molar-refractivity contribution < 1.29 is 18.1 Å². The van der Waals surface area contributed by atoms with E-state index in [1.54, 1.807) is 0 Å². The highest BCUT2D eigenvalue weighted by Gasteiger charge is 2.22. The molecule has 176 valence electrons. The van der Waals surface area contributed by atoms with Crippen LogP contribution in [0.3, 0.4) is 0 Å². The molecule has 2 atom stereocenters. The van der Waals surface area contributed by atoms with E-state index in [2.05, 4.69) is 6.92 Å². The van der Waals surface area contributed by atoms with Gasteiger partial charge in [-0.3, -0.25) is 4.55 Å². The minimum Gasteiger partial charge on any atom is -0.393 e. The third-order valence-electron chi connectivity index (χ3n) is 6.09. The van der Waals surface area contributed by atoms with Crippen molar-refractivity contribution in [1.29, 1.82) is 0 Å². The summed E-state index contributed by atoms with van der Waals surface area (Å²) in [7, 11) is -3.97. The molecular formula is C24H50O4S. The Labute approximate surface area is 182 Å². The molecule has 0 aromatic rings. The van der Waals surface area contributed by atoms with E-state index in [1.807, 2.05) is 6.92 Å². The van der Waals surface area contributed by atoms with Gasteiger partial charge in [0.25, 0.3) is 10.1 Å². The molecule has 0 saturated carbocycles. The minimum absolute atomic E-state index is 0.358. The zero-order valence-electron chi connectivity index (χ0n) is 19.4. The number of hydrogen-bond donors (Lipinski definition) is 2. The Balaban J connectivity index is 3.54. The number of hydrogen-bond acceptors (Lipinski definition) is 3. The maximum Gasteiger partial charge on any atom is 0.267 e. The molecule has 0 bridgehead atoms. The van der Waals surface area contributed by atoms with Crippen LogP contribution in [0.1, 0.15) is 142 Å². The van der Waals surface area contributed by atoms with E-state index in [0.29, 0.717) is 32.1 Å². The highest BCUT2D eigenvalue weighted by Crippen LogP contribution is 2.19. The number of aliphatic hydroxyl groups excluding tert-OH is 1. The second kappa shape index (κ2) is 19.8. The number of rotatable bonds is 22. The average molecular weight is 435 g/mol. The summed E-state index contributed by atoms with van der Waals surface area (Å²) in [6, 6.07) is 0. The van der Waals surface area contributed by atoms with Crippen LogP contribution in [0.2, 0.25) is 0 Å². The van der Waals surface area contributed by atoms with Crippen molar-refractivity contribution in [1.82, 2.24) is 0 Å². The van der Waals surface area contributed by atoms with E-state index in [-0.39, 0.29) is 6.10 Å². The molecule has 0 fully saturated rings. The van der Waals surface area contributed by atoms with Crippen molar-refractivity contribution in [2.24, 2.45) is 0 Å². The van der Waals surface area contributed by atoms with Gasteiger partial charge in [-0.2, -0.15) is 8.42 Å². The van der Waals surface area contributed by atoms with Crippen LogP contribution in [0.5, 0.6) is 0 Å². The normalized spacial score (nSPS) is 14.2. The van der Waals surface area contributed by atoms with Gasteiger partial charge in [0.2, 0.25) is 0 Å². The first-order valence-corrected chi connectivity index (χ1v) is 14.1. The van der Waals surface area contributed by atoms with Crippen LogP contribution >= 0.6 is 0 Å². The Morgan fingerprint density at radius 1 is 0.586 bits per heavy atom. The third-order valence-corrected chi connectivity index (χ3v) is 7.40. The summed E-state index contributed by atoms with van der Waals surface area (Å²) in [5.41, 5.74) is 0.